The molecule has 1 atom stereocenters. The summed E-state index contributed by atoms with van der Waals surface area (Å²) in [6, 6.07) is 8.39. The van der Waals surface area contributed by atoms with Gasteiger partial charge >= 0.3 is 0 Å². The zero-order valence-corrected chi connectivity index (χ0v) is 13.1. The molecule has 0 heterocycles. The smallest absolute Gasteiger partial charge is 0.226 e. The Labute approximate surface area is 127 Å². The highest BCUT2D eigenvalue weighted by molar-refractivity contribution is 5.80. The number of carbonyl (C=O) groups excluding carboxylic acids is 1. The van der Waals surface area contributed by atoms with Gasteiger partial charge in [0.05, 0.1) is 0 Å². The molecule has 2 aliphatic carbocycles. The Hall–Kier alpha value is -1.51. The van der Waals surface area contributed by atoms with E-state index >= 15 is 0 Å². The van der Waals surface area contributed by atoms with Gasteiger partial charge < -0.3 is 10.6 Å². The molecule has 1 aromatic carbocycles. The lowest BCUT2D eigenvalue weighted by atomic mass is 9.81. The molecular weight excluding hydrogens is 260 g/mol. The number of nitrogens with zero attached hydrogens (tertiary/aromatic N) is 1. The van der Waals surface area contributed by atoms with Crippen LogP contribution in [0.5, 0.6) is 0 Å². The Kier molecular flexibility index (Phi) is 3.68. The Bertz CT molecular complexity index is 517. The molecule has 0 spiro atoms. The number of anilines is 1. The van der Waals surface area contributed by atoms with Gasteiger partial charge in [0.15, 0.2) is 0 Å². The molecular formula is C18H26N2O. The average Bonchev–Trinajstić information content (AvgIpc) is 3.21. The van der Waals surface area contributed by atoms with Crippen molar-refractivity contribution in [2.75, 3.05) is 5.73 Å². The first-order chi connectivity index (χ1) is 9.97. The molecule has 0 aliphatic heterocycles. The molecule has 0 bridgehead atoms. The van der Waals surface area contributed by atoms with Crippen LogP contribution in [0, 0.1) is 11.3 Å². The highest BCUT2D eigenvalue weighted by atomic mass is 16.2. The van der Waals surface area contributed by atoms with E-state index < -0.39 is 0 Å². The standard InChI is InChI=1S/C18H26N2O/c1-18(2)11-3-4-16(18)17(21)20(15-9-10-15)12-13-5-7-14(19)8-6-13/h5-8,15-16H,3-4,9-12,19H2,1-2H3. The number of amides is 1. The molecule has 3 nitrogen and oxygen atoms in total. The third-order valence-electron chi connectivity index (χ3n) is 5.16. The van der Waals surface area contributed by atoms with E-state index in [-0.39, 0.29) is 11.3 Å². The van der Waals surface area contributed by atoms with Crippen molar-refractivity contribution in [3.05, 3.63) is 29.8 Å². The van der Waals surface area contributed by atoms with Crippen LogP contribution in [0.4, 0.5) is 5.69 Å². The summed E-state index contributed by atoms with van der Waals surface area (Å²) in [7, 11) is 0. The number of nitrogens with two attached hydrogens (primary N) is 1. The minimum atomic E-state index is 0.158. The zero-order chi connectivity index (χ0) is 15.0. The number of carbonyl (C=O) groups is 1. The summed E-state index contributed by atoms with van der Waals surface area (Å²) in [6.45, 7) is 5.23. The van der Waals surface area contributed by atoms with E-state index in [1.807, 2.05) is 24.3 Å². The summed E-state index contributed by atoms with van der Waals surface area (Å²) in [5, 5.41) is 0. The fraction of sp³-hybridized carbons (Fsp3) is 0.611. The summed E-state index contributed by atoms with van der Waals surface area (Å²) >= 11 is 0. The monoisotopic (exact) mass is 286 g/mol. The molecule has 0 aromatic heterocycles. The van der Waals surface area contributed by atoms with Gasteiger partial charge in [-0.3, -0.25) is 4.79 Å². The maximum Gasteiger partial charge on any atom is 0.226 e. The van der Waals surface area contributed by atoms with Crippen LogP contribution < -0.4 is 5.73 Å². The van der Waals surface area contributed by atoms with Gasteiger partial charge in [-0.2, -0.15) is 0 Å². The fourth-order valence-corrected chi connectivity index (χ4v) is 3.58. The van der Waals surface area contributed by atoms with Crippen molar-refractivity contribution in [3.63, 3.8) is 0 Å². The van der Waals surface area contributed by atoms with Crippen molar-refractivity contribution >= 4 is 11.6 Å². The first-order valence-corrected chi connectivity index (χ1v) is 8.12. The highest BCUT2D eigenvalue weighted by Crippen LogP contribution is 2.45. The molecule has 2 fully saturated rings. The predicted octanol–water partition coefficient (Wildman–Crippen LogP) is 3.59. The number of rotatable bonds is 4. The lowest BCUT2D eigenvalue weighted by Crippen LogP contribution is -2.40. The van der Waals surface area contributed by atoms with Crippen molar-refractivity contribution < 1.29 is 4.79 Å². The average molecular weight is 286 g/mol. The molecule has 21 heavy (non-hydrogen) atoms. The van der Waals surface area contributed by atoms with Crippen molar-refractivity contribution in [2.24, 2.45) is 11.3 Å². The summed E-state index contributed by atoms with van der Waals surface area (Å²) in [6.07, 6.45) is 5.73. The zero-order valence-electron chi connectivity index (χ0n) is 13.1. The molecule has 2 saturated carbocycles. The molecule has 2 N–H and O–H groups in total. The van der Waals surface area contributed by atoms with Crippen LogP contribution in [0.15, 0.2) is 24.3 Å². The van der Waals surface area contributed by atoms with Gasteiger partial charge in [0.1, 0.15) is 0 Å². The molecule has 0 radical (unpaired) electrons. The van der Waals surface area contributed by atoms with Gasteiger partial charge in [-0.15, -0.1) is 0 Å². The largest absolute Gasteiger partial charge is 0.399 e. The maximum atomic E-state index is 13.0. The van der Waals surface area contributed by atoms with Gasteiger partial charge in [0, 0.05) is 24.2 Å². The molecule has 2 aliphatic rings. The Morgan fingerprint density at radius 1 is 1.24 bits per heavy atom. The second-order valence-electron chi connectivity index (χ2n) is 7.37. The van der Waals surface area contributed by atoms with Crippen molar-refractivity contribution in [2.45, 2.75) is 58.5 Å². The molecule has 3 rings (SSSR count). The van der Waals surface area contributed by atoms with Crippen molar-refractivity contribution in [1.82, 2.24) is 4.90 Å². The molecule has 0 saturated heterocycles. The van der Waals surface area contributed by atoms with Gasteiger partial charge in [-0.1, -0.05) is 32.4 Å². The second kappa shape index (κ2) is 5.36. The van der Waals surface area contributed by atoms with E-state index in [2.05, 4.69) is 18.7 Å². The Morgan fingerprint density at radius 3 is 2.43 bits per heavy atom. The minimum absolute atomic E-state index is 0.158. The van der Waals surface area contributed by atoms with Gasteiger partial charge in [0.25, 0.3) is 0 Å². The van der Waals surface area contributed by atoms with Gasteiger partial charge in [-0.25, -0.2) is 0 Å². The lowest BCUT2D eigenvalue weighted by Gasteiger charge is -2.32. The van der Waals surface area contributed by atoms with Gasteiger partial charge in [0.2, 0.25) is 5.91 Å². The molecule has 3 heteroatoms. The van der Waals surface area contributed by atoms with Crippen LogP contribution in [-0.4, -0.2) is 16.8 Å². The first-order valence-electron chi connectivity index (χ1n) is 8.12. The molecule has 114 valence electrons. The summed E-state index contributed by atoms with van der Waals surface area (Å²) in [5.74, 6) is 0.573. The number of nitrogen functional groups attached to an aromatic ring is 1. The quantitative estimate of drug-likeness (QED) is 0.860. The topological polar surface area (TPSA) is 46.3 Å². The number of hydrogen-bond donors (Lipinski definition) is 1. The van der Waals surface area contributed by atoms with Crippen LogP contribution in [0.2, 0.25) is 0 Å². The Morgan fingerprint density at radius 2 is 1.90 bits per heavy atom. The minimum Gasteiger partial charge on any atom is -0.399 e. The van der Waals surface area contributed by atoms with Gasteiger partial charge in [-0.05, 0) is 48.8 Å². The SMILES string of the molecule is CC1(C)CCCC1C(=O)N(Cc1ccc(N)cc1)C1CC1. The molecule has 1 aromatic rings. The number of benzene rings is 1. The second-order valence-corrected chi connectivity index (χ2v) is 7.37. The van der Waals surface area contributed by atoms with Crippen LogP contribution in [0.1, 0.15) is 51.5 Å². The summed E-state index contributed by atoms with van der Waals surface area (Å²) in [4.78, 5) is 15.1. The normalized spacial score (nSPS) is 24.0. The van der Waals surface area contributed by atoms with Crippen LogP contribution in [0.3, 0.4) is 0 Å². The van der Waals surface area contributed by atoms with E-state index in [4.69, 9.17) is 5.73 Å². The maximum absolute atomic E-state index is 13.0. The Balaban J connectivity index is 1.75. The van der Waals surface area contributed by atoms with E-state index in [1.165, 1.54) is 18.4 Å². The lowest BCUT2D eigenvalue weighted by molar-refractivity contribution is -0.139. The van der Waals surface area contributed by atoms with E-state index in [1.54, 1.807) is 0 Å². The molecule has 1 amide bonds. The predicted molar refractivity (Wildman–Crippen MR) is 85.5 cm³/mol. The third-order valence-corrected chi connectivity index (χ3v) is 5.16. The van der Waals surface area contributed by atoms with Crippen molar-refractivity contribution in [1.29, 1.82) is 0 Å². The summed E-state index contributed by atoms with van der Waals surface area (Å²) < 4.78 is 0. The molecule has 1 unspecified atom stereocenters. The third kappa shape index (κ3) is 3.07. The van der Waals surface area contributed by atoms with Crippen LogP contribution in [0.25, 0.3) is 0 Å². The van der Waals surface area contributed by atoms with E-state index in [9.17, 15) is 4.79 Å². The number of hydrogen-bond acceptors (Lipinski definition) is 2. The first kappa shape index (κ1) is 14.4. The van der Waals surface area contributed by atoms with E-state index in [0.717, 1.165) is 31.5 Å². The fourth-order valence-electron chi connectivity index (χ4n) is 3.58. The van der Waals surface area contributed by atoms with Crippen LogP contribution >= 0.6 is 0 Å². The summed E-state index contributed by atoms with van der Waals surface area (Å²) in [5.41, 5.74) is 7.86. The highest BCUT2D eigenvalue weighted by Gasteiger charge is 2.44. The van der Waals surface area contributed by atoms with Crippen molar-refractivity contribution in [3.8, 4) is 0 Å². The van der Waals surface area contributed by atoms with E-state index in [0.29, 0.717) is 11.9 Å². The van der Waals surface area contributed by atoms with Crippen LogP contribution in [-0.2, 0) is 11.3 Å².